The second-order valence-electron chi connectivity index (χ2n) is 5.80. The maximum absolute atomic E-state index is 12.8. The van der Waals surface area contributed by atoms with Gasteiger partial charge in [0.05, 0.1) is 25.8 Å². The predicted octanol–water partition coefficient (Wildman–Crippen LogP) is 2.14. The van der Waals surface area contributed by atoms with Gasteiger partial charge >= 0.3 is 0 Å². The zero-order valence-corrected chi connectivity index (χ0v) is 13.7. The number of aliphatic hydroxyl groups is 1. The molecule has 0 spiro atoms. The number of carbonyl (C=O) groups excluding carboxylic acids is 2. The summed E-state index contributed by atoms with van der Waals surface area (Å²) in [5.74, 6) is 2.01. The molecule has 0 radical (unpaired) electrons. The zero-order valence-electron chi connectivity index (χ0n) is 13.7. The summed E-state index contributed by atoms with van der Waals surface area (Å²) in [5.41, 5.74) is -0.625. The van der Waals surface area contributed by atoms with Crippen LogP contribution in [0.25, 0.3) is 0 Å². The number of hydrogen-bond donors (Lipinski definition) is 1. The molecule has 1 aliphatic heterocycles. The Morgan fingerprint density at radius 1 is 1.28 bits per heavy atom. The van der Waals surface area contributed by atoms with Crippen molar-refractivity contribution in [3.8, 4) is 18.1 Å². The largest absolute Gasteiger partial charge is 0.497 e. The smallest absolute Gasteiger partial charge is 0.265 e. The normalized spacial score (nSPS) is 18.6. The van der Waals surface area contributed by atoms with Crippen molar-refractivity contribution in [3.05, 3.63) is 59.7 Å². The van der Waals surface area contributed by atoms with Crippen LogP contribution in [0.15, 0.2) is 48.5 Å². The standard InChI is InChI=1S/C20H17NO4/c1-3-11-21-17-10-5-4-9-16(17)20(24,19(21)23)13-18(22)14-7-6-8-15(12-14)25-2/h1,4-10,12,24H,11,13H2,2H3/t20-/m0/s1. The number of terminal acetylenes is 1. The molecule has 3 rings (SSSR count). The summed E-state index contributed by atoms with van der Waals surface area (Å²) >= 11 is 0. The lowest BCUT2D eigenvalue weighted by atomic mass is 9.88. The monoisotopic (exact) mass is 335 g/mol. The second-order valence-corrected chi connectivity index (χ2v) is 5.80. The average Bonchev–Trinajstić information content (AvgIpc) is 2.84. The van der Waals surface area contributed by atoms with Gasteiger partial charge in [-0.15, -0.1) is 6.42 Å². The highest BCUT2D eigenvalue weighted by molar-refractivity contribution is 6.11. The summed E-state index contributed by atoms with van der Waals surface area (Å²) in [6.07, 6.45) is 4.97. The number of methoxy groups -OCH3 is 1. The third-order valence-corrected chi connectivity index (χ3v) is 4.30. The lowest BCUT2D eigenvalue weighted by Gasteiger charge is -2.22. The van der Waals surface area contributed by atoms with E-state index >= 15 is 0 Å². The van der Waals surface area contributed by atoms with Crippen molar-refractivity contribution in [3.63, 3.8) is 0 Å². The van der Waals surface area contributed by atoms with E-state index in [0.717, 1.165) is 0 Å². The van der Waals surface area contributed by atoms with Crippen molar-refractivity contribution in [1.82, 2.24) is 0 Å². The number of Topliss-reactive ketones (excluding diaryl/α,β-unsaturated/α-hetero) is 1. The maximum atomic E-state index is 12.8. The molecule has 1 heterocycles. The van der Waals surface area contributed by atoms with Crippen molar-refractivity contribution >= 4 is 17.4 Å². The van der Waals surface area contributed by atoms with Crippen molar-refractivity contribution in [2.45, 2.75) is 12.0 Å². The van der Waals surface area contributed by atoms with Gasteiger partial charge in [0.1, 0.15) is 5.75 Å². The fourth-order valence-electron chi connectivity index (χ4n) is 3.06. The lowest BCUT2D eigenvalue weighted by molar-refractivity contribution is -0.135. The van der Waals surface area contributed by atoms with E-state index in [1.54, 1.807) is 48.5 Å². The van der Waals surface area contributed by atoms with Crippen LogP contribution in [0.1, 0.15) is 22.3 Å². The molecule has 0 unspecified atom stereocenters. The van der Waals surface area contributed by atoms with Gasteiger partial charge in [0, 0.05) is 11.1 Å². The number of hydrogen-bond acceptors (Lipinski definition) is 4. The first-order valence-corrected chi connectivity index (χ1v) is 7.76. The number of rotatable bonds is 5. The topological polar surface area (TPSA) is 66.8 Å². The van der Waals surface area contributed by atoms with E-state index in [2.05, 4.69) is 5.92 Å². The molecule has 2 aromatic rings. The number of nitrogens with zero attached hydrogens (tertiary/aromatic N) is 1. The molecule has 1 atom stereocenters. The number of anilines is 1. The molecule has 5 nitrogen and oxygen atoms in total. The van der Waals surface area contributed by atoms with Crippen LogP contribution in [-0.2, 0) is 10.4 Å². The van der Waals surface area contributed by atoms with Gasteiger partial charge in [0.2, 0.25) is 0 Å². The van der Waals surface area contributed by atoms with E-state index in [-0.39, 0.29) is 18.7 Å². The van der Waals surface area contributed by atoms with E-state index in [9.17, 15) is 14.7 Å². The summed E-state index contributed by atoms with van der Waals surface area (Å²) in [6.45, 7) is 0.0332. The molecule has 0 fully saturated rings. The summed E-state index contributed by atoms with van der Waals surface area (Å²) in [5, 5.41) is 11.1. The molecule has 1 aliphatic rings. The van der Waals surface area contributed by atoms with Crippen molar-refractivity contribution < 1.29 is 19.4 Å². The van der Waals surface area contributed by atoms with Gasteiger partial charge in [-0.25, -0.2) is 0 Å². The number of benzene rings is 2. The molecular formula is C20H17NO4. The summed E-state index contributed by atoms with van der Waals surface area (Å²) in [4.78, 5) is 26.8. The first-order chi connectivity index (χ1) is 12.0. The molecule has 0 saturated heterocycles. The fourth-order valence-corrected chi connectivity index (χ4v) is 3.06. The number of ether oxygens (including phenoxy) is 1. The van der Waals surface area contributed by atoms with E-state index in [1.807, 2.05) is 0 Å². The number of para-hydroxylation sites is 1. The Hall–Kier alpha value is -3.10. The summed E-state index contributed by atoms with van der Waals surface area (Å²) < 4.78 is 5.11. The molecule has 2 aromatic carbocycles. The molecule has 0 aliphatic carbocycles. The minimum absolute atomic E-state index is 0.0332. The molecule has 0 aromatic heterocycles. The first kappa shape index (κ1) is 16.7. The summed E-state index contributed by atoms with van der Waals surface area (Å²) in [6, 6.07) is 13.4. The second kappa shape index (κ2) is 6.42. The molecule has 0 saturated carbocycles. The Balaban J connectivity index is 1.97. The molecular weight excluding hydrogens is 318 g/mol. The third-order valence-electron chi connectivity index (χ3n) is 4.30. The van der Waals surface area contributed by atoms with Gasteiger partial charge in [-0.3, -0.25) is 14.5 Å². The van der Waals surface area contributed by atoms with Crippen LogP contribution in [0.2, 0.25) is 0 Å². The van der Waals surface area contributed by atoms with Gasteiger partial charge in [-0.05, 0) is 18.2 Å². The molecule has 126 valence electrons. The number of ketones is 1. The van der Waals surface area contributed by atoms with E-state index in [1.165, 1.54) is 12.0 Å². The number of amides is 1. The maximum Gasteiger partial charge on any atom is 0.265 e. The van der Waals surface area contributed by atoms with Crippen LogP contribution in [0.3, 0.4) is 0 Å². The van der Waals surface area contributed by atoms with Crippen molar-refractivity contribution in [2.75, 3.05) is 18.6 Å². The van der Waals surface area contributed by atoms with Gasteiger partial charge in [-0.2, -0.15) is 0 Å². The van der Waals surface area contributed by atoms with Crippen LogP contribution >= 0.6 is 0 Å². The Bertz CT molecular complexity index is 883. The van der Waals surface area contributed by atoms with Gasteiger partial charge < -0.3 is 9.84 Å². The van der Waals surface area contributed by atoms with Gasteiger partial charge in [-0.1, -0.05) is 36.3 Å². The predicted molar refractivity (Wildman–Crippen MR) is 93.5 cm³/mol. The highest BCUT2D eigenvalue weighted by Crippen LogP contribution is 2.42. The molecule has 1 N–H and O–H groups in total. The molecule has 25 heavy (non-hydrogen) atoms. The Morgan fingerprint density at radius 2 is 2.04 bits per heavy atom. The quantitative estimate of drug-likeness (QED) is 0.671. The molecule has 1 amide bonds. The summed E-state index contributed by atoms with van der Waals surface area (Å²) in [7, 11) is 1.51. The number of carbonyl (C=O) groups is 2. The zero-order chi connectivity index (χ0) is 18.0. The van der Waals surface area contributed by atoms with Gasteiger partial charge in [0.15, 0.2) is 11.4 Å². The molecule has 5 heteroatoms. The highest BCUT2D eigenvalue weighted by Gasteiger charge is 2.50. The van der Waals surface area contributed by atoms with E-state index in [4.69, 9.17) is 11.2 Å². The Labute approximate surface area is 145 Å². The van der Waals surface area contributed by atoms with Crippen LogP contribution in [-0.4, -0.2) is 30.5 Å². The third kappa shape index (κ3) is 2.77. The minimum atomic E-state index is -1.92. The highest BCUT2D eigenvalue weighted by atomic mass is 16.5. The van der Waals surface area contributed by atoms with Crippen LogP contribution in [0.5, 0.6) is 5.75 Å². The first-order valence-electron chi connectivity index (χ1n) is 7.76. The minimum Gasteiger partial charge on any atom is -0.497 e. The van der Waals surface area contributed by atoms with E-state index in [0.29, 0.717) is 22.6 Å². The fraction of sp³-hybridized carbons (Fsp3) is 0.200. The van der Waals surface area contributed by atoms with E-state index < -0.39 is 11.5 Å². The van der Waals surface area contributed by atoms with Crippen LogP contribution < -0.4 is 9.64 Å². The van der Waals surface area contributed by atoms with Crippen molar-refractivity contribution in [1.29, 1.82) is 0 Å². The lowest BCUT2D eigenvalue weighted by Crippen LogP contribution is -2.42. The molecule has 0 bridgehead atoms. The van der Waals surface area contributed by atoms with Gasteiger partial charge in [0.25, 0.3) is 5.91 Å². The van der Waals surface area contributed by atoms with Crippen LogP contribution in [0.4, 0.5) is 5.69 Å². The van der Waals surface area contributed by atoms with Crippen LogP contribution in [0, 0.1) is 12.3 Å². The average molecular weight is 335 g/mol. The Kier molecular flexibility index (Phi) is 4.30. The SMILES string of the molecule is C#CCN1C(=O)[C@](O)(CC(=O)c2cccc(OC)c2)c2ccccc21. The Morgan fingerprint density at radius 3 is 2.76 bits per heavy atom. The van der Waals surface area contributed by atoms with Crippen molar-refractivity contribution in [2.24, 2.45) is 0 Å². The number of fused-ring (bicyclic) bond motifs is 1.